The van der Waals surface area contributed by atoms with Gasteiger partial charge in [-0.1, -0.05) is 55.2 Å². The van der Waals surface area contributed by atoms with Gasteiger partial charge in [0.2, 0.25) is 21.8 Å². The second-order valence-electron chi connectivity index (χ2n) is 7.70. The highest BCUT2D eigenvalue weighted by atomic mass is 35.5. The highest BCUT2D eigenvalue weighted by Gasteiger charge is 2.32. The van der Waals surface area contributed by atoms with Crippen molar-refractivity contribution in [2.75, 3.05) is 23.7 Å². The third-order valence-electron chi connectivity index (χ3n) is 5.10. The molecular formula is C23H28Cl2FN3O4S. The van der Waals surface area contributed by atoms with Crippen molar-refractivity contribution in [1.29, 1.82) is 0 Å². The van der Waals surface area contributed by atoms with E-state index in [1.165, 1.54) is 11.0 Å². The molecule has 0 saturated carbocycles. The Morgan fingerprint density at radius 1 is 1.09 bits per heavy atom. The molecule has 0 aliphatic carbocycles. The van der Waals surface area contributed by atoms with E-state index in [2.05, 4.69) is 5.32 Å². The summed E-state index contributed by atoms with van der Waals surface area (Å²) in [4.78, 5) is 27.7. The van der Waals surface area contributed by atoms with Crippen LogP contribution in [0.3, 0.4) is 0 Å². The molecule has 0 unspecified atom stereocenters. The van der Waals surface area contributed by atoms with Crippen LogP contribution >= 0.6 is 23.2 Å². The smallest absolute Gasteiger partial charge is 0.244 e. The molecule has 2 amide bonds. The Morgan fingerprint density at radius 2 is 1.76 bits per heavy atom. The quantitative estimate of drug-likeness (QED) is 0.469. The van der Waals surface area contributed by atoms with Crippen LogP contribution in [0.15, 0.2) is 42.5 Å². The summed E-state index contributed by atoms with van der Waals surface area (Å²) >= 11 is 12.1. The largest absolute Gasteiger partial charge is 0.354 e. The van der Waals surface area contributed by atoms with Gasteiger partial charge in [-0.2, -0.15) is 0 Å². The lowest BCUT2D eigenvalue weighted by atomic mass is 10.1. The van der Waals surface area contributed by atoms with Crippen LogP contribution < -0.4 is 9.62 Å². The standard InChI is InChI=1S/C23H28Cl2FN3O4S/c1-4-12-27-23(31)21(5-2)28(14-16-8-6-7-9-18(16)24)22(30)15-29(34(3,32)33)17-10-11-20(26)19(25)13-17/h6-11,13,21H,4-5,12,14-15H2,1-3H3,(H,27,31)/t21-/m0/s1. The van der Waals surface area contributed by atoms with Crippen LogP contribution in [0.4, 0.5) is 10.1 Å². The first-order chi connectivity index (χ1) is 16.0. The number of carbonyl (C=O) groups is 2. The normalized spacial score (nSPS) is 12.2. The lowest BCUT2D eigenvalue weighted by Gasteiger charge is -2.33. The molecule has 2 aromatic carbocycles. The molecule has 7 nitrogen and oxygen atoms in total. The number of nitrogens with one attached hydrogen (secondary N) is 1. The summed E-state index contributed by atoms with van der Waals surface area (Å²) in [7, 11) is -3.95. The maximum atomic E-state index is 13.6. The van der Waals surface area contributed by atoms with Crippen LogP contribution in [0, 0.1) is 5.82 Å². The fourth-order valence-electron chi connectivity index (χ4n) is 3.35. The number of carbonyl (C=O) groups excluding carboxylic acids is 2. The Bertz CT molecular complexity index is 1130. The molecule has 2 aromatic rings. The minimum atomic E-state index is -3.95. The fraction of sp³-hybridized carbons (Fsp3) is 0.391. The molecule has 0 radical (unpaired) electrons. The third kappa shape index (κ3) is 7.32. The molecule has 0 aliphatic heterocycles. The number of rotatable bonds is 11. The first-order valence-corrected chi connectivity index (χ1v) is 13.3. The molecule has 0 fully saturated rings. The van der Waals surface area contributed by atoms with Gasteiger partial charge in [0.25, 0.3) is 0 Å². The lowest BCUT2D eigenvalue weighted by molar-refractivity contribution is -0.140. The van der Waals surface area contributed by atoms with E-state index in [-0.39, 0.29) is 23.2 Å². The predicted molar refractivity (Wildman–Crippen MR) is 133 cm³/mol. The zero-order chi connectivity index (χ0) is 25.5. The van der Waals surface area contributed by atoms with E-state index in [1.54, 1.807) is 31.2 Å². The van der Waals surface area contributed by atoms with Gasteiger partial charge >= 0.3 is 0 Å². The molecule has 0 spiro atoms. The van der Waals surface area contributed by atoms with Crippen molar-refractivity contribution in [2.45, 2.75) is 39.3 Å². The van der Waals surface area contributed by atoms with Gasteiger partial charge in [0.05, 0.1) is 17.0 Å². The van der Waals surface area contributed by atoms with E-state index in [4.69, 9.17) is 23.2 Å². The first-order valence-electron chi connectivity index (χ1n) is 10.7. The number of sulfonamides is 1. The predicted octanol–water partition coefficient (Wildman–Crippen LogP) is 4.23. The van der Waals surface area contributed by atoms with E-state index < -0.39 is 34.3 Å². The fourth-order valence-corrected chi connectivity index (χ4v) is 4.56. The zero-order valence-electron chi connectivity index (χ0n) is 19.2. The number of nitrogens with zero attached hydrogens (tertiary/aromatic N) is 2. The summed E-state index contributed by atoms with van der Waals surface area (Å²) in [5.74, 6) is -1.69. The second kappa shape index (κ2) is 12.4. The van der Waals surface area contributed by atoms with Crippen molar-refractivity contribution in [3.8, 4) is 0 Å². The summed E-state index contributed by atoms with van der Waals surface area (Å²) < 4.78 is 39.5. The van der Waals surface area contributed by atoms with E-state index in [9.17, 15) is 22.4 Å². The summed E-state index contributed by atoms with van der Waals surface area (Å²) in [5.41, 5.74) is 0.637. The van der Waals surface area contributed by atoms with Crippen LogP contribution in [0.5, 0.6) is 0 Å². The Hall–Kier alpha value is -2.36. The van der Waals surface area contributed by atoms with Gasteiger partial charge in [-0.15, -0.1) is 0 Å². The molecule has 0 aromatic heterocycles. The molecular weight excluding hydrogens is 504 g/mol. The van der Waals surface area contributed by atoms with Gasteiger partial charge in [-0.3, -0.25) is 13.9 Å². The Morgan fingerprint density at radius 3 is 2.32 bits per heavy atom. The minimum absolute atomic E-state index is 0.00165. The molecule has 0 aliphatic rings. The van der Waals surface area contributed by atoms with E-state index in [0.717, 1.165) is 22.7 Å². The van der Waals surface area contributed by atoms with Crippen molar-refractivity contribution in [3.05, 3.63) is 63.9 Å². The number of hydrogen-bond acceptors (Lipinski definition) is 4. The SMILES string of the molecule is CCCNC(=O)[C@H](CC)N(Cc1ccccc1Cl)C(=O)CN(c1ccc(F)c(Cl)c1)S(C)(=O)=O. The van der Waals surface area contributed by atoms with Crippen LogP contribution in [0.2, 0.25) is 10.0 Å². The zero-order valence-corrected chi connectivity index (χ0v) is 21.6. The minimum Gasteiger partial charge on any atom is -0.354 e. The molecule has 186 valence electrons. The van der Waals surface area contributed by atoms with Gasteiger partial charge < -0.3 is 10.2 Å². The first kappa shape index (κ1) is 27.9. The number of benzene rings is 2. The number of amides is 2. The van der Waals surface area contributed by atoms with E-state index >= 15 is 0 Å². The summed E-state index contributed by atoms with van der Waals surface area (Å²) in [6, 6.07) is 9.42. The highest BCUT2D eigenvalue weighted by Crippen LogP contribution is 2.25. The average molecular weight is 532 g/mol. The molecule has 11 heteroatoms. The molecule has 1 N–H and O–H groups in total. The van der Waals surface area contributed by atoms with Crippen LogP contribution in [0.1, 0.15) is 32.3 Å². The average Bonchev–Trinajstić information content (AvgIpc) is 2.78. The second-order valence-corrected chi connectivity index (χ2v) is 10.4. The van der Waals surface area contributed by atoms with Gasteiger partial charge in [0, 0.05) is 18.1 Å². The van der Waals surface area contributed by atoms with Crippen molar-refractivity contribution < 1.29 is 22.4 Å². The van der Waals surface area contributed by atoms with Gasteiger partial charge in [-0.05, 0) is 42.7 Å². The Kier molecular flexibility index (Phi) is 10.1. The number of hydrogen-bond donors (Lipinski definition) is 1. The topological polar surface area (TPSA) is 86.8 Å². The molecule has 0 saturated heterocycles. The van der Waals surface area contributed by atoms with Gasteiger partial charge in [0.15, 0.2) is 0 Å². The van der Waals surface area contributed by atoms with Crippen LogP contribution in [0.25, 0.3) is 0 Å². The maximum absolute atomic E-state index is 13.6. The third-order valence-corrected chi connectivity index (χ3v) is 6.90. The van der Waals surface area contributed by atoms with Crippen molar-refractivity contribution in [3.63, 3.8) is 0 Å². The summed E-state index contributed by atoms with van der Waals surface area (Å²) in [6.07, 6.45) is 1.95. The highest BCUT2D eigenvalue weighted by molar-refractivity contribution is 7.92. The number of anilines is 1. The van der Waals surface area contributed by atoms with E-state index in [1.807, 2.05) is 6.92 Å². The molecule has 2 rings (SSSR count). The van der Waals surface area contributed by atoms with Gasteiger partial charge in [-0.25, -0.2) is 12.8 Å². The molecule has 34 heavy (non-hydrogen) atoms. The van der Waals surface area contributed by atoms with Crippen LogP contribution in [-0.4, -0.2) is 50.5 Å². The van der Waals surface area contributed by atoms with Crippen molar-refractivity contribution >= 4 is 50.7 Å². The Balaban J connectivity index is 2.46. The number of halogens is 3. The molecule has 0 heterocycles. The molecule has 1 atom stereocenters. The summed E-state index contributed by atoms with van der Waals surface area (Å²) in [5, 5.41) is 2.92. The maximum Gasteiger partial charge on any atom is 0.244 e. The molecule has 0 bridgehead atoms. The lowest BCUT2D eigenvalue weighted by Crippen LogP contribution is -2.52. The monoisotopic (exact) mass is 531 g/mol. The van der Waals surface area contributed by atoms with E-state index in [0.29, 0.717) is 30.0 Å². The Labute approximate surface area is 209 Å². The van der Waals surface area contributed by atoms with Crippen molar-refractivity contribution in [2.24, 2.45) is 0 Å². The summed E-state index contributed by atoms with van der Waals surface area (Å²) in [6.45, 7) is 3.50. The van der Waals surface area contributed by atoms with Gasteiger partial charge in [0.1, 0.15) is 18.4 Å². The van der Waals surface area contributed by atoms with Crippen molar-refractivity contribution in [1.82, 2.24) is 10.2 Å². The van der Waals surface area contributed by atoms with Crippen LogP contribution in [-0.2, 0) is 26.2 Å².